The van der Waals surface area contributed by atoms with Crippen LogP contribution in [0.3, 0.4) is 0 Å². The van der Waals surface area contributed by atoms with Crippen LogP contribution in [-0.4, -0.2) is 0 Å². The van der Waals surface area contributed by atoms with Gasteiger partial charge in [-0.25, -0.2) is 0 Å². The Bertz CT molecular complexity index is 502. The number of alkyl halides is 3. The highest BCUT2D eigenvalue weighted by atomic mass is 19.4. The molecule has 0 bridgehead atoms. The molecule has 0 radical (unpaired) electrons. The molecule has 1 atom stereocenters. The first-order valence-electron chi connectivity index (χ1n) is 5.88. The van der Waals surface area contributed by atoms with Gasteiger partial charge >= 0.3 is 6.18 Å². The van der Waals surface area contributed by atoms with Crippen molar-refractivity contribution < 1.29 is 17.6 Å². The number of rotatable bonds is 4. The molecule has 0 saturated heterocycles. The van der Waals surface area contributed by atoms with E-state index >= 15 is 0 Å². The van der Waals surface area contributed by atoms with Gasteiger partial charge in [0.2, 0.25) is 0 Å². The van der Waals surface area contributed by atoms with Gasteiger partial charge in [-0.1, -0.05) is 12.1 Å². The third-order valence-electron chi connectivity index (χ3n) is 2.93. The minimum Gasteiger partial charge on any atom is -0.472 e. The summed E-state index contributed by atoms with van der Waals surface area (Å²) in [4.78, 5) is 0. The van der Waals surface area contributed by atoms with Gasteiger partial charge in [0.15, 0.2) is 0 Å². The van der Waals surface area contributed by atoms with Crippen molar-refractivity contribution in [2.24, 2.45) is 0 Å². The summed E-state index contributed by atoms with van der Waals surface area (Å²) in [6.45, 7) is 2.52. The van der Waals surface area contributed by atoms with Crippen molar-refractivity contribution in [1.29, 1.82) is 0 Å². The van der Waals surface area contributed by atoms with Crippen LogP contribution < -0.4 is 5.32 Å². The summed E-state index contributed by atoms with van der Waals surface area (Å²) in [5, 5.41) is 3.22. The van der Waals surface area contributed by atoms with Gasteiger partial charge in [0, 0.05) is 18.2 Å². The van der Waals surface area contributed by atoms with E-state index in [0.29, 0.717) is 6.54 Å². The number of nitrogens with one attached hydrogen (secondary N) is 1. The topological polar surface area (TPSA) is 25.2 Å². The molecule has 5 heteroatoms. The molecule has 102 valence electrons. The Morgan fingerprint density at radius 2 is 1.84 bits per heavy atom. The van der Waals surface area contributed by atoms with Crippen molar-refractivity contribution in [3.63, 3.8) is 0 Å². The fourth-order valence-corrected chi connectivity index (χ4v) is 1.74. The van der Waals surface area contributed by atoms with Crippen LogP contribution in [0.1, 0.15) is 29.7 Å². The minimum absolute atomic E-state index is 0.0304. The first-order valence-corrected chi connectivity index (χ1v) is 5.88. The van der Waals surface area contributed by atoms with Crippen LogP contribution >= 0.6 is 0 Å². The Hall–Kier alpha value is -1.75. The molecule has 1 N–H and O–H groups in total. The van der Waals surface area contributed by atoms with Crippen molar-refractivity contribution >= 4 is 0 Å². The Kier molecular flexibility index (Phi) is 3.95. The summed E-state index contributed by atoms with van der Waals surface area (Å²) in [7, 11) is 0. The zero-order valence-corrected chi connectivity index (χ0v) is 10.4. The summed E-state index contributed by atoms with van der Waals surface area (Å²) in [6.07, 6.45) is -1.07. The monoisotopic (exact) mass is 269 g/mol. The lowest BCUT2D eigenvalue weighted by Gasteiger charge is -2.14. The fourth-order valence-electron chi connectivity index (χ4n) is 1.74. The first-order chi connectivity index (χ1) is 8.97. The molecule has 1 unspecified atom stereocenters. The van der Waals surface area contributed by atoms with Gasteiger partial charge in [-0.15, -0.1) is 0 Å². The van der Waals surface area contributed by atoms with Crippen LogP contribution in [0.15, 0.2) is 47.3 Å². The van der Waals surface area contributed by atoms with E-state index in [1.54, 1.807) is 12.5 Å². The summed E-state index contributed by atoms with van der Waals surface area (Å²) in [5.74, 6) is 0. The molecular formula is C14H14F3NO. The van der Waals surface area contributed by atoms with E-state index in [4.69, 9.17) is 4.42 Å². The molecule has 0 aliphatic rings. The third kappa shape index (κ3) is 3.61. The van der Waals surface area contributed by atoms with E-state index in [2.05, 4.69) is 5.32 Å². The lowest BCUT2D eigenvalue weighted by Crippen LogP contribution is -2.18. The lowest BCUT2D eigenvalue weighted by molar-refractivity contribution is -0.137. The molecule has 0 fully saturated rings. The minimum atomic E-state index is -4.29. The quantitative estimate of drug-likeness (QED) is 0.902. The normalized spacial score (nSPS) is 13.5. The second-order valence-corrected chi connectivity index (χ2v) is 4.35. The van der Waals surface area contributed by atoms with Crippen LogP contribution in [-0.2, 0) is 12.7 Å². The predicted octanol–water partition coefficient (Wildman–Crippen LogP) is 4.15. The molecule has 0 spiro atoms. The van der Waals surface area contributed by atoms with Crippen molar-refractivity contribution in [2.75, 3.05) is 0 Å². The average Bonchev–Trinajstić information content (AvgIpc) is 2.88. The van der Waals surface area contributed by atoms with Gasteiger partial charge in [-0.3, -0.25) is 0 Å². The standard InChI is InChI=1S/C14H14F3NO/c1-10(18-8-11-6-7-19-9-11)12-2-4-13(5-3-12)14(15,16)17/h2-7,9-10,18H,8H2,1H3. The molecule has 0 aliphatic carbocycles. The maximum atomic E-state index is 12.4. The smallest absolute Gasteiger partial charge is 0.416 e. The second kappa shape index (κ2) is 5.48. The van der Waals surface area contributed by atoms with E-state index in [1.807, 2.05) is 13.0 Å². The summed E-state index contributed by atoms with van der Waals surface area (Å²) in [6, 6.07) is 7.01. The molecule has 2 rings (SSSR count). The van der Waals surface area contributed by atoms with Gasteiger partial charge < -0.3 is 9.73 Å². The van der Waals surface area contributed by atoms with Crippen molar-refractivity contribution in [3.8, 4) is 0 Å². The third-order valence-corrected chi connectivity index (χ3v) is 2.93. The van der Waals surface area contributed by atoms with Crippen molar-refractivity contribution in [3.05, 3.63) is 59.5 Å². The number of benzene rings is 1. The first kappa shape index (κ1) is 13.7. The molecule has 1 aromatic heterocycles. The molecule has 2 aromatic rings. The van der Waals surface area contributed by atoms with Gasteiger partial charge in [-0.2, -0.15) is 13.2 Å². The molecule has 0 saturated carbocycles. The van der Waals surface area contributed by atoms with Crippen molar-refractivity contribution in [2.45, 2.75) is 25.7 Å². The maximum Gasteiger partial charge on any atom is 0.416 e. The van der Waals surface area contributed by atoms with E-state index in [-0.39, 0.29) is 6.04 Å². The highest BCUT2D eigenvalue weighted by Crippen LogP contribution is 2.29. The second-order valence-electron chi connectivity index (χ2n) is 4.35. The molecule has 1 aromatic carbocycles. The SMILES string of the molecule is CC(NCc1ccoc1)c1ccc(C(F)(F)F)cc1. The molecular weight excluding hydrogens is 255 g/mol. The van der Waals surface area contributed by atoms with Crippen LogP contribution in [0.4, 0.5) is 13.2 Å². The average molecular weight is 269 g/mol. The van der Waals surface area contributed by atoms with E-state index < -0.39 is 11.7 Å². The number of furan rings is 1. The van der Waals surface area contributed by atoms with Gasteiger partial charge in [0.1, 0.15) is 0 Å². The van der Waals surface area contributed by atoms with Crippen LogP contribution in [0.25, 0.3) is 0 Å². The van der Waals surface area contributed by atoms with Gasteiger partial charge in [0.25, 0.3) is 0 Å². The molecule has 0 aliphatic heterocycles. The Morgan fingerprint density at radius 3 is 2.37 bits per heavy atom. The zero-order valence-electron chi connectivity index (χ0n) is 10.4. The fraction of sp³-hybridized carbons (Fsp3) is 0.286. The van der Waals surface area contributed by atoms with Crippen molar-refractivity contribution in [1.82, 2.24) is 5.32 Å². The Balaban J connectivity index is 1.97. The predicted molar refractivity (Wildman–Crippen MR) is 65.4 cm³/mol. The van der Waals surface area contributed by atoms with E-state index in [1.165, 1.54) is 12.1 Å². The maximum absolute atomic E-state index is 12.4. The number of hydrogen-bond acceptors (Lipinski definition) is 2. The summed E-state index contributed by atoms with van der Waals surface area (Å²) in [5.41, 5.74) is 1.19. The Labute approximate surface area is 109 Å². The number of halogens is 3. The highest BCUT2D eigenvalue weighted by molar-refractivity contribution is 5.26. The van der Waals surface area contributed by atoms with E-state index in [0.717, 1.165) is 23.3 Å². The van der Waals surface area contributed by atoms with Gasteiger partial charge in [-0.05, 0) is 30.7 Å². The molecule has 1 heterocycles. The zero-order chi connectivity index (χ0) is 13.9. The van der Waals surface area contributed by atoms with Crippen LogP contribution in [0.5, 0.6) is 0 Å². The molecule has 2 nitrogen and oxygen atoms in total. The molecule has 19 heavy (non-hydrogen) atoms. The summed E-state index contributed by atoms with van der Waals surface area (Å²) >= 11 is 0. The largest absolute Gasteiger partial charge is 0.472 e. The van der Waals surface area contributed by atoms with Crippen LogP contribution in [0.2, 0.25) is 0 Å². The van der Waals surface area contributed by atoms with Gasteiger partial charge in [0.05, 0.1) is 18.1 Å². The Morgan fingerprint density at radius 1 is 1.16 bits per heavy atom. The highest BCUT2D eigenvalue weighted by Gasteiger charge is 2.30. The van der Waals surface area contributed by atoms with E-state index in [9.17, 15) is 13.2 Å². The summed E-state index contributed by atoms with van der Waals surface area (Å²) < 4.78 is 42.2. The molecule has 0 amide bonds. The number of hydrogen-bond donors (Lipinski definition) is 1. The van der Waals surface area contributed by atoms with Crippen LogP contribution in [0, 0.1) is 0 Å². The lowest BCUT2D eigenvalue weighted by atomic mass is 10.1.